The third-order valence-electron chi connectivity index (χ3n) is 4.15. The van der Waals surface area contributed by atoms with Crippen LogP contribution in [0.25, 0.3) is 0 Å². The molecule has 0 saturated carbocycles. The topological polar surface area (TPSA) is 75.7 Å². The first-order chi connectivity index (χ1) is 11.9. The number of benzene rings is 1. The summed E-state index contributed by atoms with van der Waals surface area (Å²) >= 11 is 1.28. The van der Waals surface area contributed by atoms with Crippen molar-refractivity contribution in [2.24, 2.45) is 0 Å². The number of amides is 1. The van der Waals surface area contributed by atoms with Crippen molar-refractivity contribution in [1.82, 2.24) is 4.90 Å². The van der Waals surface area contributed by atoms with Crippen molar-refractivity contribution >= 4 is 33.1 Å². The number of hydrogen-bond donors (Lipinski definition) is 1. The first-order valence-electron chi connectivity index (χ1n) is 7.99. The van der Waals surface area contributed by atoms with Crippen molar-refractivity contribution in [1.29, 1.82) is 0 Å². The summed E-state index contributed by atoms with van der Waals surface area (Å²) in [6.45, 7) is 3.00. The van der Waals surface area contributed by atoms with Crippen LogP contribution in [0.1, 0.15) is 22.9 Å². The van der Waals surface area contributed by atoms with Gasteiger partial charge in [0.1, 0.15) is 4.21 Å². The fourth-order valence-corrected chi connectivity index (χ4v) is 5.15. The van der Waals surface area contributed by atoms with Crippen LogP contribution in [-0.4, -0.2) is 33.1 Å². The minimum absolute atomic E-state index is 0.304. The van der Waals surface area contributed by atoms with E-state index < -0.39 is 10.0 Å². The maximum absolute atomic E-state index is 12.5. The van der Waals surface area contributed by atoms with Crippen LogP contribution in [0.15, 0.2) is 34.5 Å². The van der Waals surface area contributed by atoms with E-state index in [1.807, 2.05) is 19.1 Å². The first-order valence-corrected chi connectivity index (χ1v) is 10.3. The van der Waals surface area contributed by atoms with Crippen LogP contribution >= 0.6 is 11.3 Å². The summed E-state index contributed by atoms with van der Waals surface area (Å²) in [5.74, 6) is 0. The number of rotatable bonds is 4. The van der Waals surface area contributed by atoms with Gasteiger partial charge in [-0.3, -0.25) is 4.72 Å². The van der Waals surface area contributed by atoms with E-state index in [0.29, 0.717) is 23.0 Å². The van der Waals surface area contributed by atoms with Crippen molar-refractivity contribution < 1.29 is 17.9 Å². The number of ether oxygens (including phenoxy) is 1. The molecule has 1 amide bonds. The van der Waals surface area contributed by atoms with E-state index in [9.17, 15) is 13.2 Å². The van der Waals surface area contributed by atoms with Crippen molar-refractivity contribution in [2.75, 3.05) is 18.4 Å². The van der Waals surface area contributed by atoms with Gasteiger partial charge in [0.05, 0.1) is 7.11 Å². The molecule has 8 heteroatoms. The molecule has 1 aliphatic rings. The van der Waals surface area contributed by atoms with Gasteiger partial charge in [-0.15, -0.1) is 11.3 Å². The van der Waals surface area contributed by atoms with Crippen molar-refractivity contribution in [3.8, 4) is 0 Å². The summed E-state index contributed by atoms with van der Waals surface area (Å²) in [7, 11) is -2.25. The Kier molecular flexibility index (Phi) is 5.01. The lowest BCUT2D eigenvalue weighted by Crippen LogP contribution is -2.35. The molecule has 0 unspecified atom stereocenters. The molecular weight excluding hydrogens is 360 g/mol. The fraction of sp³-hybridized carbons (Fsp3) is 0.353. The Morgan fingerprint density at radius 1 is 1.28 bits per heavy atom. The number of carbonyl (C=O) groups is 1. The summed E-state index contributed by atoms with van der Waals surface area (Å²) in [5, 5.41) is 0. The van der Waals surface area contributed by atoms with Crippen LogP contribution in [0, 0.1) is 0 Å². The van der Waals surface area contributed by atoms with Gasteiger partial charge in [-0.1, -0.05) is 13.0 Å². The molecular formula is C17H20N2O4S2. The van der Waals surface area contributed by atoms with E-state index in [0.717, 1.165) is 28.8 Å². The molecule has 3 rings (SSSR count). The number of nitrogens with zero attached hydrogens (tertiary/aromatic N) is 1. The number of nitrogens with one attached hydrogen (secondary N) is 1. The molecule has 1 aromatic heterocycles. The lowest BCUT2D eigenvalue weighted by molar-refractivity contribution is 0.118. The van der Waals surface area contributed by atoms with Gasteiger partial charge in [-0.2, -0.15) is 0 Å². The van der Waals surface area contributed by atoms with Gasteiger partial charge in [-0.05, 0) is 48.2 Å². The Bertz CT molecular complexity index is 890. The van der Waals surface area contributed by atoms with Crippen molar-refractivity contribution in [3.05, 3.63) is 46.3 Å². The molecule has 0 atom stereocenters. The van der Waals surface area contributed by atoms with Gasteiger partial charge in [0.15, 0.2) is 0 Å². The van der Waals surface area contributed by atoms with Gasteiger partial charge < -0.3 is 9.64 Å². The van der Waals surface area contributed by atoms with Crippen LogP contribution < -0.4 is 4.72 Å². The normalized spacial score (nSPS) is 14.1. The SMILES string of the molecule is CCc1ccc(S(=O)(=O)Nc2ccc3c(c2)CN(C(=O)OC)CC3)s1. The molecule has 0 fully saturated rings. The summed E-state index contributed by atoms with van der Waals surface area (Å²) in [6, 6.07) is 8.92. The van der Waals surface area contributed by atoms with Crippen LogP contribution in [0.3, 0.4) is 0 Å². The molecule has 0 bridgehead atoms. The molecule has 134 valence electrons. The van der Waals surface area contributed by atoms with E-state index in [1.54, 1.807) is 23.1 Å². The maximum Gasteiger partial charge on any atom is 0.409 e. The van der Waals surface area contributed by atoms with Gasteiger partial charge >= 0.3 is 6.09 Å². The highest BCUT2D eigenvalue weighted by Crippen LogP contribution is 2.27. The highest BCUT2D eigenvalue weighted by molar-refractivity contribution is 7.94. The smallest absolute Gasteiger partial charge is 0.409 e. The number of aryl methyl sites for hydroxylation is 1. The number of carbonyl (C=O) groups excluding carboxylic acids is 1. The second kappa shape index (κ2) is 7.05. The Morgan fingerprint density at radius 2 is 2.08 bits per heavy atom. The Balaban J connectivity index is 1.81. The van der Waals surface area contributed by atoms with Crippen LogP contribution in [0.2, 0.25) is 0 Å². The quantitative estimate of drug-likeness (QED) is 0.883. The first kappa shape index (κ1) is 17.8. The Morgan fingerprint density at radius 3 is 2.76 bits per heavy atom. The molecule has 2 heterocycles. The third-order valence-corrected chi connectivity index (χ3v) is 7.26. The molecule has 2 aromatic rings. The molecule has 0 aliphatic carbocycles. The second-order valence-electron chi connectivity index (χ2n) is 5.80. The molecule has 0 saturated heterocycles. The number of fused-ring (bicyclic) bond motifs is 1. The lowest BCUT2D eigenvalue weighted by atomic mass is 9.99. The monoisotopic (exact) mass is 380 g/mol. The zero-order valence-electron chi connectivity index (χ0n) is 14.1. The highest BCUT2D eigenvalue weighted by atomic mass is 32.2. The number of anilines is 1. The third kappa shape index (κ3) is 3.80. The second-order valence-corrected chi connectivity index (χ2v) is 8.88. The average molecular weight is 380 g/mol. The predicted octanol–water partition coefficient (Wildman–Crippen LogP) is 3.24. The molecule has 1 N–H and O–H groups in total. The molecule has 0 spiro atoms. The predicted molar refractivity (Wildman–Crippen MR) is 97.5 cm³/mol. The average Bonchev–Trinajstić information content (AvgIpc) is 3.10. The zero-order chi connectivity index (χ0) is 18.0. The number of sulfonamides is 1. The number of hydrogen-bond acceptors (Lipinski definition) is 5. The molecule has 1 aliphatic heterocycles. The minimum Gasteiger partial charge on any atom is -0.453 e. The highest BCUT2D eigenvalue weighted by Gasteiger charge is 2.22. The van der Waals surface area contributed by atoms with Gasteiger partial charge in [-0.25, -0.2) is 13.2 Å². The van der Waals surface area contributed by atoms with E-state index in [-0.39, 0.29) is 6.09 Å². The maximum atomic E-state index is 12.5. The van der Waals surface area contributed by atoms with Gasteiger partial charge in [0, 0.05) is 23.7 Å². The fourth-order valence-electron chi connectivity index (χ4n) is 2.80. The van der Waals surface area contributed by atoms with Crippen LogP contribution in [0.4, 0.5) is 10.5 Å². The number of thiophene rings is 1. The minimum atomic E-state index is -3.60. The van der Waals surface area contributed by atoms with Crippen molar-refractivity contribution in [2.45, 2.75) is 30.5 Å². The van der Waals surface area contributed by atoms with E-state index in [4.69, 9.17) is 4.74 Å². The van der Waals surface area contributed by atoms with E-state index in [2.05, 4.69) is 4.72 Å². The summed E-state index contributed by atoms with van der Waals surface area (Å²) in [4.78, 5) is 14.3. The Hall–Kier alpha value is -2.06. The largest absolute Gasteiger partial charge is 0.453 e. The lowest BCUT2D eigenvalue weighted by Gasteiger charge is -2.28. The van der Waals surface area contributed by atoms with Crippen molar-refractivity contribution in [3.63, 3.8) is 0 Å². The number of methoxy groups -OCH3 is 1. The molecule has 6 nitrogen and oxygen atoms in total. The summed E-state index contributed by atoms with van der Waals surface area (Å²) < 4.78 is 32.8. The summed E-state index contributed by atoms with van der Waals surface area (Å²) in [5.41, 5.74) is 2.54. The van der Waals surface area contributed by atoms with E-state index >= 15 is 0 Å². The molecule has 25 heavy (non-hydrogen) atoms. The molecule has 0 radical (unpaired) electrons. The summed E-state index contributed by atoms with van der Waals surface area (Å²) in [6.07, 6.45) is 1.16. The Labute approximate surface area is 151 Å². The molecule has 1 aromatic carbocycles. The standard InChI is InChI=1S/C17H20N2O4S2/c1-3-15-6-7-16(24-15)25(21,22)18-14-5-4-12-8-9-19(17(20)23-2)11-13(12)10-14/h4-7,10,18H,3,8-9,11H2,1-2H3. The zero-order valence-corrected chi connectivity index (χ0v) is 15.7. The van der Waals surface area contributed by atoms with Gasteiger partial charge in [0.25, 0.3) is 10.0 Å². The van der Waals surface area contributed by atoms with E-state index in [1.165, 1.54) is 18.4 Å². The van der Waals surface area contributed by atoms with Crippen LogP contribution in [-0.2, 0) is 34.1 Å². The van der Waals surface area contributed by atoms with Gasteiger partial charge in [0.2, 0.25) is 0 Å². The van der Waals surface area contributed by atoms with Crippen LogP contribution in [0.5, 0.6) is 0 Å².